The van der Waals surface area contributed by atoms with Gasteiger partial charge in [0.15, 0.2) is 0 Å². The molecule has 0 spiro atoms. The zero-order valence-electron chi connectivity index (χ0n) is 19.0. The van der Waals surface area contributed by atoms with Gasteiger partial charge in [-0.05, 0) is 82.9 Å². The fraction of sp³-hybridized carbons (Fsp3) is 0.286. The number of aliphatic hydroxyl groups excluding tert-OH is 2. The lowest BCUT2D eigenvalue weighted by atomic mass is 10.0. The molecule has 2 atom stereocenters. The Balaban J connectivity index is 1.18. The Kier molecular flexibility index (Phi) is 7.45. The largest absolute Gasteiger partial charge is 0.491 e. The first-order valence-electron chi connectivity index (χ1n) is 11.3. The van der Waals surface area contributed by atoms with Crippen LogP contribution in [0.15, 0.2) is 72.8 Å². The molecular weight excluding hydrogens is 416 g/mol. The highest BCUT2D eigenvalue weighted by molar-refractivity contribution is 5.85. The van der Waals surface area contributed by atoms with E-state index in [4.69, 9.17) is 14.2 Å². The Morgan fingerprint density at radius 1 is 0.545 bits per heavy atom. The van der Waals surface area contributed by atoms with Gasteiger partial charge in [0.2, 0.25) is 0 Å². The van der Waals surface area contributed by atoms with Gasteiger partial charge in [0.1, 0.15) is 24.7 Å². The van der Waals surface area contributed by atoms with Gasteiger partial charge in [-0.25, -0.2) is 0 Å². The minimum atomic E-state index is -0.475. The van der Waals surface area contributed by atoms with Crippen molar-refractivity contribution in [1.82, 2.24) is 0 Å². The summed E-state index contributed by atoms with van der Waals surface area (Å²) in [5.74, 6) is 1.59. The molecule has 172 valence electrons. The zero-order chi connectivity index (χ0) is 23.2. The molecule has 0 fully saturated rings. The quantitative estimate of drug-likeness (QED) is 0.312. The van der Waals surface area contributed by atoms with Crippen molar-refractivity contribution in [2.24, 2.45) is 0 Å². The van der Waals surface area contributed by atoms with Crippen LogP contribution in [0.2, 0.25) is 0 Å². The van der Waals surface area contributed by atoms with Crippen molar-refractivity contribution < 1.29 is 24.4 Å². The Hall–Kier alpha value is -3.12. The van der Waals surface area contributed by atoms with Crippen LogP contribution < -0.4 is 9.47 Å². The third kappa shape index (κ3) is 6.02. The maximum absolute atomic E-state index is 9.72. The standard InChI is InChI=1S/C28H30O5/c1-19(29)21-3-5-25-17-27(9-7-23(25)15-21)32-13-11-31-12-14-33-28-10-8-24-16-22(20(2)30)4-6-26(24)18-28/h3-10,15-20,29-30H,11-14H2,1-2H3. The number of benzene rings is 4. The van der Waals surface area contributed by atoms with E-state index in [-0.39, 0.29) is 0 Å². The molecule has 2 unspecified atom stereocenters. The third-order valence-corrected chi connectivity index (χ3v) is 5.63. The molecular formula is C28H30O5. The van der Waals surface area contributed by atoms with Gasteiger partial charge >= 0.3 is 0 Å². The van der Waals surface area contributed by atoms with Crippen LogP contribution in [0.5, 0.6) is 11.5 Å². The smallest absolute Gasteiger partial charge is 0.120 e. The van der Waals surface area contributed by atoms with E-state index < -0.39 is 12.2 Å². The summed E-state index contributed by atoms with van der Waals surface area (Å²) in [7, 11) is 0. The average molecular weight is 447 g/mol. The van der Waals surface area contributed by atoms with Crippen LogP contribution >= 0.6 is 0 Å². The molecule has 0 radical (unpaired) electrons. The van der Waals surface area contributed by atoms with Gasteiger partial charge in [-0.1, -0.05) is 36.4 Å². The van der Waals surface area contributed by atoms with Gasteiger partial charge in [-0.2, -0.15) is 0 Å². The Morgan fingerprint density at radius 2 is 0.939 bits per heavy atom. The number of hydrogen-bond acceptors (Lipinski definition) is 5. The molecule has 0 saturated heterocycles. The SMILES string of the molecule is CC(O)c1ccc2cc(OCCOCCOc3ccc4cc(C(C)O)ccc4c3)ccc2c1. The Bertz CT molecular complexity index is 1120. The van der Waals surface area contributed by atoms with Crippen LogP contribution in [0.25, 0.3) is 21.5 Å². The zero-order valence-corrected chi connectivity index (χ0v) is 19.0. The van der Waals surface area contributed by atoms with Gasteiger partial charge in [-0.3, -0.25) is 0 Å². The predicted molar refractivity (Wildman–Crippen MR) is 131 cm³/mol. The van der Waals surface area contributed by atoms with Gasteiger partial charge in [0, 0.05) is 0 Å². The number of rotatable bonds is 10. The van der Waals surface area contributed by atoms with E-state index in [1.165, 1.54) is 0 Å². The van der Waals surface area contributed by atoms with Crippen LogP contribution in [0.3, 0.4) is 0 Å². The number of hydrogen-bond donors (Lipinski definition) is 2. The minimum absolute atomic E-state index is 0.457. The summed E-state index contributed by atoms with van der Waals surface area (Å²) in [6.45, 7) is 5.39. The first-order chi connectivity index (χ1) is 16.0. The highest BCUT2D eigenvalue weighted by atomic mass is 16.5. The molecule has 0 aliphatic rings. The summed E-state index contributed by atoms with van der Waals surface area (Å²) in [6, 6.07) is 23.7. The minimum Gasteiger partial charge on any atom is -0.491 e. The lowest BCUT2D eigenvalue weighted by Crippen LogP contribution is -2.12. The van der Waals surface area contributed by atoms with E-state index in [0.717, 1.165) is 44.2 Å². The molecule has 4 rings (SSSR count). The van der Waals surface area contributed by atoms with E-state index >= 15 is 0 Å². The number of fused-ring (bicyclic) bond motifs is 2. The molecule has 5 nitrogen and oxygen atoms in total. The van der Waals surface area contributed by atoms with E-state index in [9.17, 15) is 10.2 Å². The first kappa shape index (κ1) is 23.1. The van der Waals surface area contributed by atoms with Gasteiger partial charge < -0.3 is 24.4 Å². The second-order valence-electron chi connectivity index (χ2n) is 8.20. The summed E-state index contributed by atoms with van der Waals surface area (Å²) < 4.78 is 17.2. The summed E-state index contributed by atoms with van der Waals surface area (Å²) in [4.78, 5) is 0. The third-order valence-electron chi connectivity index (χ3n) is 5.63. The molecule has 2 N–H and O–H groups in total. The summed E-state index contributed by atoms with van der Waals surface area (Å²) >= 11 is 0. The predicted octanol–water partition coefficient (Wildman–Crippen LogP) is 5.57. The van der Waals surface area contributed by atoms with Crippen molar-refractivity contribution in [3.63, 3.8) is 0 Å². The van der Waals surface area contributed by atoms with Gasteiger partial charge in [0.05, 0.1) is 25.4 Å². The molecule has 0 saturated carbocycles. The summed E-state index contributed by atoms with van der Waals surface area (Å²) in [5.41, 5.74) is 1.81. The van der Waals surface area contributed by atoms with Crippen LogP contribution in [-0.2, 0) is 4.74 Å². The summed E-state index contributed by atoms with van der Waals surface area (Å²) in [6.07, 6.45) is -0.951. The lowest BCUT2D eigenvalue weighted by molar-refractivity contribution is 0.0765. The second-order valence-corrected chi connectivity index (χ2v) is 8.20. The second kappa shape index (κ2) is 10.7. The van der Waals surface area contributed by atoms with Crippen molar-refractivity contribution >= 4 is 21.5 Å². The van der Waals surface area contributed by atoms with Crippen molar-refractivity contribution in [3.8, 4) is 11.5 Å². The summed E-state index contributed by atoms with van der Waals surface area (Å²) in [5, 5.41) is 23.7. The van der Waals surface area contributed by atoms with Gasteiger partial charge in [0.25, 0.3) is 0 Å². The van der Waals surface area contributed by atoms with Crippen LogP contribution in [0.1, 0.15) is 37.2 Å². The fourth-order valence-electron chi connectivity index (χ4n) is 3.72. The van der Waals surface area contributed by atoms with Crippen LogP contribution in [0.4, 0.5) is 0 Å². The Morgan fingerprint density at radius 3 is 1.36 bits per heavy atom. The average Bonchev–Trinajstić information content (AvgIpc) is 2.82. The highest BCUT2D eigenvalue weighted by Gasteiger charge is 2.05. The van der Waals surface area contributed by atoms with Crippen molar-refractivity contribution in [2.45, 2.75) is 26.1 Å². The molecule has 0 amide bonds. The molecule has 4 aromatic rings. The lowest BCUT2D eigenvalue weighted by Gasteiger charge is -2.11. The van der Waals surface area contributed by atoms with Crippen molar-refractivity contribution in [1.29, 1.82) is 0 Å². The molecule has 0 bridgehead atoms. The van der Waals surface area contributed by atoms with Crippen molar-refractivity contribution in [3.05, 3.63) is 83.9 Å². The van der Waals surface area contributed by atoms with E-state index in [0.29, 0.717) is 26.4 Å². The molecule has 0 heterocycles. The van der Waals surface area contributed by atoms with Gasteiger partial charge in [-0.15, -0.1) is 0 Å². The first-order valence-corrected chi connectivity index (χ1v) is 11.3. The Labute approximate surface area is 194 Å². The van der Waals surface area contributed by atoms with Crippen LogP contribution in [0, 0.1) is 0 Å². The maximum Gasteiger partial charge on any atom is 0.120 e. The molecule has 0 aromatic heterocycles. The molecule has 4 aromatic carbocycles. The normalized spacial score (nSPS) is 13.2. The topological polar surface area (TPSA) is 68.2 Å². The van der Waals surface area contributed by atoms with E-state index in [1.54, 1.807) is 13.8 Å². The monoisotopic (exact) mass is 446 g/mol. The molecule has 33 heavy (non-hydrogen) atoms. The van der Waals surface area contributed by atoms with E-state index in [2.05, 4.69) is 0 Å². The molecule has 0 aliphatic carbocycles. The fourth-order valence-corrected chi connectivity index (χ4v) is 3.72. The number of aliphatic hydroxyl groups is 2. The maximum atomic E-state index is 9.72. The van der Waals surface area contributed by atoms with E-state index in [1.807, 2.05) is 72.8 Å². The number of ether oxygens (including phenoxy) is 3. The van der Waals surface area contributed by atoms with Crippen LogP contribution in [-0.4, -0.2) is 36.6 Å². The molecule has 0 aliphatic heterocycles. The van der Waals surface area contributed by atoms with Crippen molar-refractivity contribution in [2.75, 3.05) is 26.4 Å². The molecule has 5 heteroatoms. The highest BCUT2D eigenvalue weighted by Crippen LogP contribution is 2.25.